The number of hydrogen-bond donors (Lipinski definition) is 0. The number of methoxy groups -OCH3 is 2. The van der Waals surface area contributed by atoms with E-state index in [0.29, 0.717) is 13.2 Å². The predicted octanol–water partition coefficient (Wildman–Crippen LogP) is 2.76. The molecule has 7 nitrogen and oxygen atoms in total. The first-order chi connectivity index (χ1) is 12.2. The quantitative estimate of drug-likeness (QED) is 0.692. The molecular formula is C19H33NO6. The van der Waals surface area contributed by atoms with E-state index in [9.17, 15) is 9.59 Å². The van der Waals surface area contributed by atoms with Gasteiger partial charge in [0.1, 0.15) is 5.60 Å². The summed E-state index contributed by atoms with van der Waals surface area (Å²) in [6.45, 7) is 6.57. The van der Waals surface area contributed by atoms with Gasteiger partial charge in [-0.3, -0.25) is 4.79 Å². The molecule has 26 heavy (non-hydrogen) atoms. The van der Waals surface area contributed by atoms with Crippen molar-refractivity contribution in [1.29, 1.82) is 0 Å². The highest BCUT2D eigenvalue weighted by Gasteiger charge is 2.38. The summed E-state index contributed by atoms with van der Waals surface area (Å²) in [4.78, 5) is 25.8. The van der Waals surface area contributed by atoms with E-state index in [4.69, 9.17) is 18.9 Å². The van der Waals surface area contributed by atoms with E-state index < -0.39 is 5.60 Å². The maximum absolute atomic E-state index is 12.5. The van der Waals surface area contributed by atoms with Gasteiger partial charge in [-0.1, -0.05) is 0 Å². The van der Waals surface area contributed by atoms with Gasteiger partial charge < -0.3 is 23.8 Å². The predicted molar refractivity (Wildman–Crippen MR) is 95.9 cm³/mol. The number of hydrogen-bond acceptors (Lipinski definition) is 6. The van der Waals surface area contributed by atoms with Crippen LogP contribution in [0.3, 0.4) is 0 Å². The van der Waals surface area contributed by atoms with E-state index in [-0.39, 0.29) is 36.2 Å². The lowest BCUT2D eigenvalue weighted by atomic mass is 9.87. The van der Waals surface area contributed by atoms with Crippen LogP contribution in [0.25, 0.3) is 0 Å². The van der Waals surface area contributed by atoms with Gasteiger partial charge in [-0.25, -0.2) is 4.79 Å². The molecule has 2 atom stereocenters. The van der Waals surface area contributed by atoms with Gasteiger partial charge in [0.2, 0.25) is 0 Å². The van der Waals surface area contributed by atoms with Crippen molar-refractivity contribution in [3.63, 3.8) is 0 Å². The maximum Gasteiger partial charge on any atom is 0.410 e. The highest BCUT2D eigenvalue weighted by Crippen LogP contribution is 2.29. The molecule has 0 bridgehead atoms. The summed E-state index contributed by atoms with van der Waals surface area (Å²) in [5.41, 5.74) is -0.528. The summed E-state index contributed by atoms with van der Waals surface area (Å²) in [7, 11) is 3.09. The van der Waals surface area contributed by atoms with Crippen molar-refractivity contribution >= 4 is 12.1 Å². The molecule has 1 aliphatic heterocycles. The van der Waals surface area contributed by atoms with Gasteiger partial charge in [0.15, 0.2) is 0 Å². The summed E-state index contributed by atoms with van der Waals surface area (Å²) < 4.78 is 21.8. The molecule has 0 aromatic heterocycles. The SMILES string of the molecule is COC(=O)C1CCC(OC[C@@H]2C[C@H](OC)CN2C(=O)OC(C)(C)C)CC1. The lowest BCUT2D eigenvalue weighted by Crippen LogP contribution is -2.42. The number of rotatable bonds is 5. The third kappa shape index (κ3) is 5.84. The fourth-order valence-corrected chi connectivity index (χ4v) is 3.63. The first kappa shape index (κ1) is 21.0. The van der Waals surface area contributed by atoms with Crippen LogP contribution >= 0.6 is 0 Å². The van der Waals surface area contributed by atoms with Crippen molar-refractivity contribution in [1.82, 2.24) is 4.90 Å². The highest BCUT2D eigenvalue weighted by atomic mass is 16.6. The first-order valence-corrected chi connectivity index (χ1v) is 9.45. The normalized spacial score (nSPS) is 29.5. The zero-order chi connectivity index (χ0) is 19.3. The standard InChI is InChI=1S/C19H33NO6/c1-19(2,3)26-18(22)20-11-16(23-4)10-14(20)12-25-15-8-6-13(7-9-15)17(21)24-5/h13-16H,6-12H2,1-5H3/t13?,14-,15?,16-/m0/s1. The lowest BCUT2D eigenvalue weighted by molar-refractivity contribution is -0.147. The van der Waals surface area contributed by atoms with Crippen LogP contribution in [0, 0.1) is 5.92 Å². The van der Waals surface area contributed by atoms with E-state index in [1.54, 1.807) is 12.0 Å². The Labute approximate surface area is 156 Å². The van der Waals surface area contributed by atoms with Crippen LogP contribution < -0.4 is 0 Å². The molecule has 0 unspecified atom stereocenters. The Hall–Kier alpha value is -1.34. The Balaban J connectivity index is 1.84. The smallest absolute Gasteiger partial charge is 0.410 e. The third-order valence-corrected chi connectivity index (χ3v) is 5.07. The van der Waals surface area contributed by atoms with Crippen LogP contribution in [-0.4, -0.2) is 68.2 Å². The zero-order valence-corrected chi connectivity index (χ0v) is 16.7. The molecule has 0 aromatic carbocycles. The van der Waals surface area contributed by atoms with Gasteiger partial charge in [-0.2, -0.15) is 0 Å². The second-order valence-corrected chi connectivity index (χ2v) is 8.21. The summed E-state index contributed by atoms with van der Waals surface area (Å²) in [5.74, 6) is -0.138. The largest absolute Gasteiger partial charge is 0.469 e. The van der Waals surface area contributed by atoms with Crippen LogP contribution in [0.5, 0.6) is 0 Å². The van der Waals surface area contributed by atoms with Crippen molar-refractivity contribution in [2.24, 2.45) is 5.92 Å². The fourth-order valence-electron chi connectivity index (χ4n) is 3.63. The van der Waals surface area contributed by atoms with E-state index in [2.05, 4.69) is 0 Å². The monoisotopic (exact) mass is 371 g/mol. The fraction of sp³-hybridized carbons (Fsp3) is 0.895. The molecule has 1 amide bonds. The van der Waals surface area contributed by atoms with Crippen molar-refractivity contribution in [2.75, 3.05) is 27.4 Å². The molecule has 0 N–H and O–H groups in total. The Morgan fingerprint density at radius 2 is 1.69 bits per heavy atom. The van der Waals surface area contributed by atoms with Crippen molar-refractivity contribution in [3.05, 3.63) is 0 Å². The number of amides is 1. The molecule has 0 aromatic rings. The molecular weight excluding hydrogens is 338 g/mol. The van der Waals surface area contributed by atoms with Gasteiger partial charge in [0.25, 0.3) is 0 Å². The average Bonchev–Trinajstić information content (AvgIpc) is 3.02. The van der Waals surface area contributed by atoms with Crippen LogP contribution in [-0.2, 0) is 23.7 Å². The Bertz CT molecular complexity index is 481. The molecule has 2 rings (SSSR count). The number of likely N-dealkylation sites (tertiary alicyclic amines) is 1. The minimum atomic E-state index is -0.528. The van der Waals surface area contributed by atoms with E-state index in [1.807, 2.05) is 20.8 Å². The molecule has 1 saturated carbocycles. The molecule has 2 aliphatic rings. The lowest BCUT2D eigenvalue weighted by Gasteiger charge is -2.31. The van der Waals surface area contributed by atoms with Crippen LogP contribution in [0.1, 0.15) is 52.9 Å². The minimum absolute atomic E-state index is 0.00572. The minimum Gasteiger partial charge on any atom is -0.469 e. The molecule has 2 fully saturated rings. The Kier molecular flexibility index (Phi) is 7.29. The molecule has 1 saturated heterocycles. The Morgan fingerprint density at radius 3 is 2.23 bits per heavy atom. The van der Waals surface area contributed by atoms with E-state index in [0.717, 1.165) is 32.1 Å². The number of ether oxygens (including phenoxy) is 4. The topological polar surface area (TPSA) is 74.3 Å². The molecule has 0 radical (unpaired) electrons. The number of carbonyl (C=O) groups is 2. The maximum atomic E-state index is 12.5. The van der Waals surface area contributed by atoms with Crippen LogP contribution in [0.2, 0.25) is 0 Å². The Morgan fingerprint density at radius 1 is 1.04 bits per heavy atom. The number of nitrogens with zero attached hydrogens (tertiary/aromatic N) is 1. The highest BCUT2D eigenvalue weighted by molar-refractivity contribution is 5.72. The second-order valence-electron chi connectivity index (χ2n) is 8.21. The molecule has 1 aliphatic carbocycles. The molecule has 1 heterocycles. The average molecular weight is 371 g/mol. The van der Waals surface area contributed by atoms with E-state index >= 15 is 0 Å². The van der Waals surface area contributed by atoms with Gasteiger partial charge in [-0.05, 0) is 52.9 Å². The summed E-state index contributed by atoms with van der Waals surface area (Å²) in [6.07, 6.45) is 3.81. The molecule has 150 valence electrons. The molecule has 0 spiro atoms. The van der Waals surface area contributed by atoms with Crippen molar-refractivity contribution < 1.29 is 28.5 Å². The third-order valence-electron chi connectivity index (χ3n) is 5.07. The zero-order valence-electron chi connectivity index (χ0n) is 16.7. The van der Waals surface area contributed by atoms with Gasteiger partial charge in [-0.15, -0.1) is 0 Å². The van der Waals surface area contributed by atoms with Crippen molar-refractivity contribution in [2.45, 2.75) is 76.7 Å². The summed E-state index contributed by atoms with van der Waals surface area (Å²) >= 11 is 0. The second kappa shape index (κ2) is 9.04. The number of esters is 1. The van der Waals surface area contributed by atoms with Crippen LogP contribution in [0.15, 0.2) is 0 Å². The summed E-state index contributed by atoms with van der Waals surface area (Å²) in [5, 5.41) is 0. The van der Waals surface area contributed by atoms with Gasteiger partial charge >= 0.3 is 12.1 Å². The van der Waals surface area contributed by atoms with Gasteiger partial charge in [0.05, 0.1) is 44.4 Å². The van der Waals surface area contributed by atoms with Gasteiger partial charge in [0, 0.05) is 7.11 Å². The number of carbonyl (C=O) groups excluding carboxylic acids is 2. The summed E-state index contributed by atoms with van der Waals surface area (Å²) in [6, 6.07) is -0.0480. The van der Waals surface area contributed by atoms with Crippen molar-refractivity contribution in [3.8, 4) is 0 Å². The van der Waals surface area contributed by atoms with E-state index in [1.165, 1.54) is 7.11 Å². The molecule has 7 heteroatoms. The van der Waals surface area contributed by atoms with Crippen LogP contribution in [0.4, 0.5) is 4.79 Å². The first-order valence-electron chi connectivity index (χ1n) is 9.45.